The van der Waals surface area contributed by atoms with Gasteiger partial charge in [0, 0.05) is 18.8 Å². The second kappa shape index (κ2) is 9.24. The van der Waals surface area contributed by atoms with E-state index in [0.717, 1.165) is 36.3 Å². The highest BCUT2D eigenvalue weighted by molar-refractivity contribution is 5.86. The van der Waals surface area contributed by atoms with Crippen molar-refractivity contribution in [2.45, 2.75) is 25.7 Å². The van der Waals surface area contributed by atoms with Gasteiger partial charge < -0.3 is 14.8 Å². The molecule has 1 aliphatic heterocycles. The van der Waals surface area contributed by atoms with Crippen molar-refractivity contribution in [2.75, 3.05) is 16.8 Å². The summed E-state index contributed by atoms with van der Waals surface area (Å²) in [5.74, 6) is 1.16. The number of hydrogen-bond acceptors (Lipinski definition) is 5. The number of fused-ring (bicyclic) bond motifs is 2. The molecule has 0 fully saturated rings. The van der Waals surface area contributed by atoms with Gasteiger partial charge in [-0.25, -0.2) is 4.98 Å². The van der Waals surface area contributed by atoms with E-state index in [9.17, 15) is 13.2 Å². The zero-order valence-electron chi connectivity index (χ0n) is 19.8. The van der Waals surface area contributed by atoms with Crippen LogP contribution in [0.1, 0.15) is 22.3 Å². The number of rotatable bonds is 5. The lowest BCUT2D eigenvalue weighted by Crippen LogP contribution is -2.32. The van der Waals surface area contributed by atoms with E-state index in [1.54, 1.807) is 6.33 Å². The molecule has 186 valence electrons. The molecule has 0 aliphatic carbocycles. The van der Waals surface area contributed by atoms with Crippen LogP contribution in [-0.4, -0.2) is 26.1 Å². The maximum atomic E-state index is 13.0. The van der Waals surface area contributed by atoms with Gasteiger partial charge in [0.15, 0.2) is 17.0 Å². The van der Waals surface area contributed by atoms with Crippen LogP contribution in [0.25, 0.3) is 11.2 Å². The third kappa shape index (κ3) is 4.72. The number of benzene rings is 3. The van der Waals surface area contributed by atoms with E-state index in [2.05, 4.69) is 33.4 Å². The molecule has 1 N–H and O–H groups in total. The van der Waals surface area contributed by atoms with Crippen LogP contribution in [0.3, 0.4) is 0 Å². The zero-order valence-corrected chi connectivity index (χ0v) is 19.8. The predicted octanol–water partition coefficient (Wildman–Crippen LogP) is 6.20. The van der Waals surface area contributed by atoms with Gasteiger partial charge in [-0.2, -0.15) is 23.1 Å². The van der Waals surface area contributed by atoms with Gasteiger partial charge in [0.2, 0.25) is 5.95 Å². The second-order valence-electron chi connectivity index (χ2n) is 9.04. The highest BCUT2D eigenvalue weighted by Crippen LogP contribution is 2.31. The lowest BCUT2D eigenvalue weighted by atomic mass is 10.0. The van der Waals surface area contributed by atoms with Crippen LogP contribution < -0.4 is 10.2 Å². The number of halogens is 3. The van der Waals surface area contributed by atoms with Crippen molar-refractivity contribution in [3.63, 3.8) is 0 Å². The van der Waals surface area contributed by atoms with Gasteiger partial charge in [0.25, 0.3) is 0 Å². The first-order valence-corrected chi connectivity index (χ1v) is 12.0. The number of nitrogens with one attached hydrogen (secondary N) is 1. The van der Waals surface area contributed by atoms with E-state index in [1.165, 1.54) is 23.3 Å². The summed E-state index contributed by atoms with van der Waals surface area (Å²) < 4.78 is 40.8. The van der Waals surface area contributed by atoms with Crippen LogP contribution in [0.2, 0.25) is 0 Å². The minimum Gasteiger partial charge on any atom is -0.338 e. The van der Waals surface area contributed by atoms with Crippen LogP contribution in [-0.2, 0) is 25.7 Å². The number of anilines is 3. The molecule has 3 aromatic carbocycles. The van der Waals surface area contributed by atoms with Crippen molar-refractivity contribution >= 4 is 28.6 Å². The maximum Gasteiger partial charge on any atom is 0.416 e. The van der Waals surface area contributed by atoms with Gasteiger partial charge in [0.05, 0.1) is 18.4 Å². The molecule has 2 aromatic heterocycles. The smallest absolute Gasteiger partial charge is 0.338 e. The van der Waals surface area contributed by atoms with Gasteiger partial charge in [-0.15, -0.1) is 0 Å². The summed E-state index contributed by atoms with van der Waals surface area (Å²) in [5.41, 5.74) is 4.70. The lowest BCUT2D eigenvalue weighted by Gasteiger charge is -2.29. The standard InChI is InChI=1S/C28H23F3N6/c29-28(30,31)22-12-10-19(11-13-22)16-37-18-32-24-25(33-23-8-2-1-3-9-23)34-27(35-26(24)37)36-15-14-20-6-4-5-7-21(20)17-36/h1-13,18H,14-17H2,(H,33,34,35). The average molecular weight is 501 g/mol. The molecule has 1 aliphatic rings. The third-order valence-corrected chi connectivity index (χ3v) is 6.54. The molecule has 0 spiro atoms. The van der Waals surface area contributed by atoms with Gasteiger partial charge >= 0.3 is 6.18 Å². The molecule has 0 amide bonds. The molecule has 0 atom stereocenters. The minimum absolute atomic E-state index is 0.332. The van der Waals surface area contributed by atoms with E-state index in [1.807, 2.05) is 41.0 Å². The van der Waals surface area contributed by atoms with E-state index in [4.69, 9.17) is 9.97 Å². The molecule has 0 saturated carbocycles. The monoisotopic (exact) mass is 500 g/mol. The SMILES string of the molecule is FC(F)(F)c1ccc(Cn2cnc3c(Nc4ccccc4)nc(N4CCc5ccccc5C4)nc32)cc1. The molecule has 3 heterocycles. The Morgan fingerprint density at radius 2 is 1.57 bits per heavy atom. The lowest BCUT2D eigenvalue weighted by molar-refractivity contribution is -0.137. The number of aromatic nitrogens is 4. The zero-order chi connectivity index (χ0) is 25.4. The summed E-state index contributed by atoms with van der Waals surface area (Å²) in [5, 5.41) is 3.37. The molecule has 6 nitrogen and oxygen atoms in total. The quantitative estimate of drug-likeness (QED) is 0.311. The summed E-state index contributed by atoms with van der Waals surface area (Å²) in [4.78, 5) is 16.5. The van der Waals surface area contributed by atoms with Crippen molar-refractivity contribution in [3.8, 4) is 0 Å². The third-order valence-electron chi connectivity index (χ3n) is 6.54. The fourth-order valence-corrected chi connectivity index (χ4v) is 4.60. The number of para-hydroxylation sites is 1. The molecular weight excluding hydrogens is 477 g/mol. The molecule has 0 radical (unpaired) electrons. The Kier molecular flexibility index (Phi) is 5.75. The Morgan fingerprint density at radius 1 is 0.838 bits per heavy atom. The highest BCUT2D eigenvalue weighted by atomic mass is 19.4. The molecule has 9 heteroatoms. The largest absolute Gasteiger partial charge is 0.416 e. The van der Waals surface area contributed by atoms with Crippen LogP contribution >= 0.6 is 0 Å². The van der Waals surface area contributed by atoms with Crippen LogP contribution in [0.4, 0.5) is 30.6 Å². The summed E-state index contributed by atoms with van der Waals surface area (Å²) in [7, 11) is 0. The number of hydrogen-bond donors (Lipinski definition) is 1. The van der Waals surface area contributed by atoms with E-state index in [0.29, 0.717) is 36.0 Å². The van der Waals surface area contributed by atoms with Gasteiger partial charge in [-0.05, 0) is 47.4 Å². The molecule has 0 saturated heterocycles. The number of alkyl halides is 3. The van der Waals surface area contributed by atoms with E-state index < -0.39 is 11.7 Å². The first-order chi connectivity index (χ1) is 17.9. The summed E-state index contributed by atoms with van der Waals surface area (Å²) in [6, 6.07) is 23.2. The predicted molar refractivity (Wildman–Crippen MR) is 137 cm³/mol. The summed E-state index contributed by atoms with van der Waals surface area (Å²) in [6.07, 6.45) is -1.82. The normalized spacial score (nSPS) is 13.5. The van der Waals surface area contributed by atoms with Crippen molar-refractivity contribution < 1.29 is 13.2 Å². The van der Waals surface area contributed by atoms with Crippen molar-refractivity contribution in [2.24, 2.45) is 0 Å². The molecule has 5 aromatic rings. The first-order valence-electron chi connectivity index (χ1n) is 12.0. The molecular formula is C28H23F3N6. The second-order valence-corrected chi connectivity index (χ2v) is 9.04. The Labute approximate surface area is 211 Å². The minimum atomic E-state index is -4.37. The Bertz CT molecular complexity index is 1540. The van der Waals surface area contributed by atoms with E-state index >= 15 is 0 Å². The molecule has 37 heavy (non-hydrogen) atoms. The number of nitrogens with zero attached hydrogens (tertiary/aromatic N) is 5. The maximum absolute atomic E-state index is 13.0. The fourth-order valence-electron chi connectivity index (χ4n) is 4.60. The van der Waals surface area contributed by atoms with Gasteiger partial charge in [-0.3, -0.25) is 0 Å². The molecule has 0 bridgehead atoms. The first kappa shape index (κ1) is 23.0. The van der Waals surface area contributed by atoms with Gasteiger partial charge in [-0.1, -0.05) is 54.6 Å². The summed E-state index contributed by atoms with van der Waals surface area (Å²) >= 11 is 0. The van der Waals surface area contributed by atoms with E-state index in [-0.39, 0.29) is 0 Å². The van der Waals surface area contributed by atoms with Crippen molar-refractivity contribution in [3.05, 3.63) is 107 Å². The number of imidazole rings is 1. The van der Waals surface area contributed by atoms with Crippen LogP contribution in [0.15, 0.2) is 85.2 Å². The Balaban J connectivity index is 1.38. The highest BCUT2D eigenvalue weighted by Gasteiger charge is 2.30. The van der Waals surface area contributed by atoms with Crippen LogP contribution in [0, 0.1) is 0 Å². The van der Waals surface area contributed by atoms with Crippen LogP contribution in [0.5, 0.6) is 0 Å². The van der Waals surface area contributed by atoms with Crippen molar-refractivity contribution in [1.29, 1.82) is 0 Å². The average Bonchev–Trinajstić information content (AvgIpc) is 3.31. The molecule has 6 rings (SSSR count). The topological polar surface area (TPSA) is 58.9 Å². The van der Waals surface area contributed by atoms with Gasteiger partial charge in [0.1, 0.15) is 0 Å². The fraction of sp³-hybridized carbons (Fsp3) is 0.179. The summed E-state index contributed by atoms with van der Waals surface area (Å²) in [6.45, 7) is 1.80. The Morgan fingerprint density at radius 3 is 2.32 bits per heavy atom. The van der Waals surface area contributed by atoms with Crippen molar-refractivity contribution in [1.82, 2.24) is 19.5 Å². The Hall–Kier alpha value is -4.40. The molecule has 0 unspecified atom stereocenters.